The molecule has 0 fully saturated rings. The van der Waals surface area contributed by atoms with Crippen LogP contribution in [0.2, 0.25) is 0 Å². The maximum Gasteiger partial charge on any atom is 0.233 e. The molecule has 1 amide bonds. The number of carbonyl (C=O) groups excluding carboxylic acids is 1. The van der Waals surface area contributed by atoms with Crippen molar-refractivity contribution in [2.75, 3.05) is 12.1 Å². The van der Waals surface area contributed by atoms with Gasteiger partial charge in [-0.3, -0.25) is 4.79 Å². The third kappa shape index (κ3) is 3.87. The monoisotopic (exact) mass is 394 g/mol. The summed E-state index contributed by atoms with van der Waals surface area (Å²) in [5.41, 5.74) is 3.09. The van der Waals surface area contributed by atoms with E-state index in [4.69, 9.17) is 9.47 Å². The summed E-state index contributed by atoms with van der Waals surface area (Å²) < 4.78 is 10.8. The minimum Gasteiger partial charge on any atom is -0.454 e. The number of thiazole rings is 1. The Morgan fingerprint density at radius 1 is 1.18 bits per heavy atom. The number of nitrogens with zero attached hydrogens (tertiary/aromatic N) is 1. The summed E-state index contributed by atoms with van der Waals surface area (Å²) in [6.07, 6.45) is 1.48. The molecule has 1 aliphatic rings. The number of ether oxygens (including phenoxy) is 2. The van der Waals surface area contributed by atoms with Crippen LogP contribution in [0.1, 0.15) is 41.0 Å². The van der Waals surface area contributed by atoms with Crippen LogP contribution in [0.15, 0.2) is 48.5 Å². The van der Waals surface area contributed by atoms with E-state index < -0.39 is 0 Å². The fourth-order valence-electron chi connectivity index (χ4n) is 3.33. The Bertz CT molecular complexity index is 985. The van der Waals surface area contributed by atoms with Crippen LogP contribution >= 0.6 is 11.3 Å². The number of fused-ring (bicyclic) bond motifs is 1. The second kappa shape index (κ2) is 8.02. The Hall–Kier alpha value is -2.86. The molecule has 28 heavy (non-hydrogen) atoms. The zero-order chi connectivity index (χ0) is 19.5. The molecule has 2 aromatic carbocycles. The van der Waals surface area contributed by atoms with Crippen LogP contribution in [-0.2, 0) is 11.2 Å². The van der Waals surface area contributed by atoms with Gasteiger partial charge in [-0.2, -0.15) is 0 Å². The molecule has 1 N–H and O–H groups in total. The molecular weight excluding hydrogens is 372 g/mol. The number of benzene rings is 2. The van der Waals surface area contributed by atoms with Crippen LogP contribution in [0, 0.1) is 6.92 Å². The van der Waals surface area contributed by atoms with E-state index in [0.29, 0.717) is 5.13 Å². The van der Waals surface area contributed by atoms with E-state index in [2.05, 4.69) is 10.3 Å². The standard InChI is InChI=1S/C22H22N2O3S/c1-3-17(16-7-5-4-6-8-16)21(25)24-22-23-14(2)20(28-22)12-15-9-10-18-19(11-15)27-13-26-18/h4-11,17H,3,12-13H2,1-2H3,(H,23,24,25)/t17-/m1/s1. The number of amides is 1. The quantitative estimate of drug-likeness (QED) is 0.646. The topological polar surface area (TPSA) is 60.5 Å². The molecule has 6 heteroatoms. The molecule has 3 aromatic rings. The summed E-state index contributed by atoms with van der Waals surface area (Å²) in [6.45, 7) is 4.27. The van der Waals surface area contributed by atoms with Crippen LogP contribution in [-0.4, -0.2) is 17.7 Å². The number of carbonyl (C=O) groups is 1. The predicted molar refractivity (Wildman–Crippen MR) is 110 cm³/mol. The Labute approximate surface area is 168 Å². The van der Waals surface area contributed by atoms with Crippen LogP contribution in [0.5, 0.6) is 11.5 Å². The van der Waals surface area contributed by atoms with Gasteiger partial charge in [0.15, 0.2) is 16.6 Å². The van der Waals surface area contributed by atoms with Crippen molar-refractivity contribution in [2.24, 2.45) is 0 Å². The predicted octanol–water partition coefficient (Wildman–Crippen LogP) is 4.90. The van der Waals surface area contributed by atoms with E-state index in [9.17, 15) is 4.79 Å². The number of nitrogens with one attached hydrogen (secondary N) is 1. The minimum atomic E-state index is -0.178. The van der Waals surface area contributed by atoms with E-state index >= 15 is 0 Å². The lowest BCUT2D eigenvalue weighted by atomic mass is 9.96. The van der Waals surface area contributed by atoms with E-state index in [0.717, 1.165) is 46.0 Å². The highest BCUT2D eigenvalue weighted by molar-refractivity contribution is 7.15. The number of hydrogen-bond acceptors (Lipinski definition) is 5. The molecule has 0 saturated heterocycles. The minimum absolute atomic E-state index is 0.0166. The van der Waals surface area contributed by atoms with Gasteiger partial charge in [0, 0.05) is 11.3 Å². The maximum absolute atomic E-state index is 12.8. The summed E-state index contributed by atoms with van der Waals surface area (Å²) in [6, 6.07) is 15.8. The number of aryl methyl sites for hydroxylation is 1. The first-order valence-corrected chi connectivity index (χ1v) is 10.2. The average molecular weight is 394 g/mol. The van der Waals surface area contributed by atoms with E-state index in [-0.39, 0.29) is 18.6 Å². The van der Waals surface area contributed by atoms with Gasteiger partial charge >= 0.3 is 0 Å². The normalized spacial score (nSPS) is 13.4. The second-order valence-corrected chi connectivity index (χ2v) is 7.84. The molecule has 144 valence electrons. The largest absolute Gasteiger partial charge is 0.454 e. The number of aromatic nitrogens is 1. The van der Waals surface area contributed by atoms with Crippen LogP contribution in [0.4, 0.5) is 5.13 Å². The highest BCUT2D eigenvalue weighted by Crippen LogP contribution is 2.34. The summed E-state index contributed by atoms with van der Waals surface area (Å²) in [5, 5.41) is 3.65. The highest BCUT2D eigenvalue weighted by Gasteiger charge is 2.21. The smallest absolute Gasteiger partial charge is 0.233 e. The molecular formula is C22H22N2O3S. The molecule has 1 atom stereocenters. The molecule has 0 unspecified atom stereocenters. The number of anilines is 1. The van der Waals surface area contributed by atoms with Crippen LogP contribution in [0.3, 0.4) is 0 Å². The average Bonchev–Trinajstić information content (AvgIpc) is 3.29. The van der Waals surface area contributed by atoms with E-state index in [1.165, 1.54) is 11.3 Å². The summed E-state index contributed by atoms with van der Waals surface area (Å²) >= 11 is 1.52. The maximum atomic E-state index is 12.8. The van der Waals surface area contributed by atoms with Crippen molar-refractivity contribution in [1.82, 2.24) is 4.98 Å². The van der Waals surface area contributed by atoms with Gasteiger partial charge in [0.2, 0.25) is 12.7 Å². The third-order valence-corrected chi connectivity index (χ3v) is 5.92. The SMILES string of the molecule is CC[C@@H](C(=O)Nc1nc(C)c(Cc2ccc3c(c2)OCO3)s1)c1ccccc1. The first-order chi connectivity index (χ1) is 13.6. The lowest BCUT2D eigenvalue weighted by Crippen LogP contribution is -2.20. The van der Waals surface area contributed by atoms with Gasteiger partial charge < -0.3 is 14.8 Å². The van der Waals surface area contributed by atoms with Crippen LogP contribution < -0.4 is 14.8 Å². The first kappa shape index (κ1) is 18.5. The van der Waals surface area contributed by atoms with Crippen molar-refractivity contribution in [3.05, 3.63) is 70.2 Å². The molecule has 0 saturated carbocycles. The summed E-state index contributed by atoms with van der Waals surface area (Å²) in [5.74, 6) is 1.37. The molecule has 0 bridgehead atoms. The van der Waals surface area contributed by atoms with Gasteiger partial charge in [-0.05, 0) is 36.6 Å². The van der Waals surface area contributed by atoms with Gasteiger partial charge in [0.05, 0.1) is 11.6 Å². The van der Waals surface area contributed by atoms with E-state index in [1.54, 1.807) is 0 Å². The Morgan fingerprint density at radius 2 is 1.96 bits per heavy atom. The van der Waals surface area contributed by atoms with Crippen molar-refractivity contribution >= 4 is 22.4 Å². The highest BCUT2D eigenvalue weighted by atomic mass is 32.1. The van der Waals surface area contributed by atoms with Crippen molar-refractivity contribution in [2.45, 2.75) is 32.6 Å². The van der Waals surface area contributed by atoms with Crippen molar-refractivity contribution in [1.29, 1.82) is 0 Å². The molecule has 4 rings (SSSR count). The molecule has 0 radical (unpaired) electrons. The van der Waals surface area contributed by atoms with Crippen LogP contribution in [0.25, 0.3) is 0 Å². The Morgan fingerprint density at radius 3 is 2.75 bits per heavy atom. The molecule has 1 aliphatic heterocycles. The lowest BCUT2D eigenvalue weighted by Gasteiger charge is -2.14. The van der Waals surface area contributed by atoms with Gasteiger partial charge in [-0.15, -0.1) is 11.3 Å². The zero-order valence-electron chi connectivity index (χ0n) is 15.9. The molecule has 2 heterocycles. The second-order valence-electron chi connectivity index (χ2n) is 6.75. The van der Waals surface area contributed by atoms with E-state index in [1.807, 2.05) is 62.4 Å². The Balaban J connectivity index is 1.47. The Kier molecular flexibility index (Phi) is 5.30. The molecule has 0 spiro atoms. The lowest BCUT2D eigenvalue weighted by molar-refractivity contribution is -0.117. The van der Waals surface area contributed by atoms with Gasteiger partial charge in [0.1, 0.15) is 0 Å². The molecule has 5 nitrogen and oxygen atoms in total. The third-order valence-electron chi connectivity index (χ3n) is 4.85. The van der Waals surface area contributed by atoms with Crippen molar-refractivity contribution in [3.63, 3.8) is 0 Å². The fraction of sp³-hybridized carbons (Fsp3) is 0.273. The number of hydrogen-bond donors (Lipinski definition) is 1. The molecule has 1 aromatic heterocycles. The van der Waals surface area contributed by atoms with Gasteiger partial charge in [-0.1, -0.05) is 43.3 Å². The van der Waals surface area contributed by atoms with Crippen molar-refractivity contribution < 1.29 is 14.3 Å². The number of rotatable bonds is 6. The summed E-state index contributed by atoms with van der Waals surface area (Å²) in [7, 11) is 0. The molecule has 0 aliphatic carbocycles. The van der Waals surface area contributed by atoms with Gasteiger partial charge in [-0.25, -0.2) is 4.98 Å². The van der Waals surface area contributed by atoms with Crippen molar-refractivity contribution in [3.8, 4) is 11.5 Å². The van der Waals surface area contributed by atoms with Gasteiger partial charge in [0.25, 0.3) is 0 Å². The fourth-order valence-corrected chi connectivity index (χ4v) is 4.33. The first-order valence-electron chi connectivity index (χ1n) is 9.34. The zero-order valence-corrected chi connectivity index (χ0v) is 16.7. The summed E-state index contributed by atoms with van der Waals surface area (Å²) in [4.78, 5) is 18.5.